The number of carbonyl (C=O) groups excluding carboxylic acids is 1. The van der Waals surface area contributed by atoms with Crippen molar-refractivity contribution in [2.75, 3.05) is 11.9 Å². The molecule has 0 aliphatic carbocycles. The summed E-state index contributed by atoms with van der Waals surface area (Å²) in [6, 6.07) is 14.8. The average molecular weight is 385 g/mol. The van der Waals surface area contributed by atoms with Crippen LogP contribution in [-0.4, -0.2) is 12.5 Å². The zero-order chi connectivity index (χ0) is 17.5. The normalized spacial score (nSPS) is 10.8. The van der Waals surface area contributed by atoms with E-state index in [-0.39, 0.29) is 5.57 Å². The molecule has 0 fully saturated rings. The summed E-state index contributed by atoms with van der Waals surface area (Å²) in [7, 11) is 0. The molecule has 1 amide bonds. The Hall–Kier alpha value is -2.58. The van der Waals surface area contributed by atoms with Crippen LogP contribution in [0, 0.1) is 18.3 Å². The van der Waals surface area contributed by atoms with Crippen molar-refractivity contribution in [3.05, 3.63) is 63.6 Å². The lowest BCUT2D eigenvalue weighted by Crippen LogP contribution is -2.14. The number of nitrogens with zero attached hydrogens (tertiary/aromatic N) is 1. The molecule has 1 N–H and O–H groups in total. The molecule has 2 aromatic carbocycles. The Balaban J connectivity index is 2.33. The van der Waals surface area contributed by atoms with Gasteiger partial charge in [-0.25, -0.2) is 0 Å². The molecular formula is C19H17BrN2O2. The van der Waals surface area contributed by atoms with Gasteiger partial charge in [0.05, 0.1) is 6.61 Å². The highest BCUT2D eigenvalue weighted by Crippen LogP contribution is 2.26. The maximum atomic E-state index is 12.4. The van der Waals surface area contributed by atoms with Gasteiger partial charge in [-0.2, -0.15) is 5.26 Å². The van der Waals surface area contributed by atoms with Gasteiger partial charge in [-0.05, 0) is 49.8 Å². The SMILES string of the molecule is CCOc1ccc(Br)cc1/C=C(\C#N)C(=O)Nc1ccccc1C. The largest absolute Gasteiger partial charge is 0.493 e. The van der Waals surface area contributed by atoms with E-state index in [1.807, 2.05) is 50.2 Å². The number of amides is 1. The first-order chi connectivity index (χ1) is 11.5. The second-order valence-electron chi connectivity index (χ2n) is 5.05. The topological polar surface area (TPSA) is 62.1 Å². The van der Waals surface area contributed by atoms with Gasteiger partial charge >= 0.3 is 0 Å². The molecule has 0 atom stereocenters. The van der Waals surface area contributed by atoms with Crippen LogP contribution < -0.4 is 10.1 Å². The van der Waals surface area contributed by atoms with Crippen molar-refractivity contribution in [3.8, 4) is 11.8 Å². The van der Waals surface area contributed by atoms with Gasteiger partial charge in [-0.3, -0.25) is 4.79 Å². The molecule has 0 saturated heterocycles. The Kier molecular flexibility index (Phi) is 6.16. The maximum Gasteiger partial charge on any atom is 0.266 e. The van der Waals surface area contributed by atoms with Crippen molar-refractivity contribution in [2.45, 2.75) is 13.8 Å². The lowest BCUT2D eigenvalue weighted by Gasteiger charge is -2.09. The highest BCUT2D eigenvalue weighted by Gasteiger charge is 2.12. The van der Waals surface area contributed by atoms with Crippen LogP contribution in [0.5, 0.6) is 5.75 Å². The van der Waals surface area contributed by atoms with Crippen LogP contribution in [-0.2, 0) is 4.79 Å². The van der Waals surface area contributed by atoms with E-state index in [1.54, 1.807) is 12.1 Å². The number of para-hydroxylation sites is 1. The minimum Gasteiger partial charge on any atom is -0.493 e. The summed E-state index contributed by atoms with van der Waals surface area (Å²) in [6.45, 7) is 4.28. The number of anilines is 1. The zero-order valence-electron chi connectivity index (χ0n) is 13.5. The van der Waals surface area contributed by atoms with Crippen molar-refractivity contribution in [1.82, 2.24) is 0 Å². The fourth-order valence-corrected chi connectivity index (χ4v) is 2.50. The van der Waals surface area contributed by atoms with Crippen LogP contribution in [0.15, 0.2) is 52.5 Å². The van der Waals surface area contributed by atoms with E-state index >= 15 is 0 Å². The summed E-state index contributed by atoms with van der Waals surface area (Å²) in [5.41, 5.74) is 2.29. The van der Waals surface area contributed by atoms with Gasteiger partial charge < -0.3 is 10.1 Å². The fraction of sp³-hybridized carbons (Fsp3) is 0.158. The quantitative estimate of drug-likeness (QED) is 0.599. The lowest BCUT2D eigenvalue weighted by molar-refractivity contribution is -0.112. The van der Waals surface area contributed by atoms with E-state index < -0.39 is 5.91 Å². The summed E-state index contributed by atoms with van der Waals surface area (Å²) >= 11 is 3.39. The molecule has 0 bridgehead atoms. The molecule has 2 rings (SSSR count). The Labute approximate surface area is 149 Å². The molecule has 122 valence electrons. The zero-order valence-corrected chi connectivity index (χ0v) is 15.1. The number of nitriles is 1. The second kappa shape index (κ2) is 8.32. The van der Waals surface area contributed by atoms with Crippen molar-refractivity contribution in [3.63, 3.8) is 0 Å². The van der Waals surface area contributed by atoms with Gasteiger partial charge in [0.25, 0.3) is 5.91 Å². The molecule has 5 heteroatoms. The number of benzene rings is 2. The molecule has 0 unspecified atom stereocenters. The molecule has 2 aromatic rings. The third-order valence-corrected chi connectivity index (χ3v) is 3.82. The van der Waals surface area contributed by atoms with Gasteiger partial charge in [-0.15, -0.1) is 0 Å². The smallest absolute Gasteiger partial charge is 0.266 e. The number of carbonyl (C=O) groups is 1. The summed E-state index contributed by atoms with van der Waals surface area (Å²) < 4.78 is 6.39. The van der Waals surface area contributed by atoms with Crippen molar-refractivity contribution >= 4 is 33.6 Å². The maximum absolute atomic E-state index is 12.4. The molecule has 0 aliphatic rings. The van der Waals surface area contributed by atoms with Gasteiger partial charge in [0.15, 0.2) is 0 Å². The van der Waals surface area contributed by atoms with Crippen LogP contribution in [0.2, 0.25) is 0 Å². The van der Waals surface area contributed by atoms with E-state index in [0.29, 0.717) is 23.6 Å². The Morgan fingerprint density at radius 2 is 2.08 bits per heavy atom. The third kappa shape index (κ3) is 4.46. The van der Waals surface area contributed by atoms with Crippen LogP contribution in [0.1, 0.15) is 18.1 Å². The summed E-state index contributed by atoms with van der Waals surface area (Å²) in [5.74, 6) is 0.173. The number of nitrogens with one attached hydrogen (secondary N) is 1. The van der Waals surface area contributed by atoms with Crippen molar-refractivity contribution < 1.29 is 9.53 Å². The molecule has 24 heavy (non-hydrogen) atoms. The molecule has 0 aromatic heterocycles. The van der Waals surface area contributed by atoms with Crippen LogP contribution in [0.25, 0.3) is 6.08 Å². The number of hydrogen-bond acceptors (Lipinski definition) is 3. The van der Waals surface area contributed by atoms with E-state index in [1.165, 1.54) is 6.08 Å². The Morgan fingerprint density at radius 1 is 1.33 bits per heavy atom. The summed E-state index contributed by atoms with van der Waals surface area (Å²) in [5, 5.41) is 12.1. The molecular weight excluding hydrogens is 368 g/mol. The monoisotopic (exact) mass is 384 g/mol. The molecule has 0 saturated carbocycles. The number of hydrogen-bond donors (Lipinski definition) is 1. The predicted molar refractivity (Wildman–Crippen MR) is 98.7 cm³/mol. The van der Waals surface area contributed by atoms with Crippen molar-refractivity contribution in [2.24, 2.45) is 0 Å². The van der Waals surface area contributed by atoms with E-state index in [2.05, 4.69) is 21.2 Å². The summed E-state index contributed by atoms with van der Waals surface area (Å²) in [4.78, 5) is 12.4. The molecule has 0 aliphatic heterocycles. The number of rotatable bonds is 5. The van der Waals surface area contributed by atoms with Gasteiger partial charge in [0.1, 0.15) is 17.4 Å². The lowest BCUT2D eigenvalue weighted by atomic mass is 10.1. The molecule has 4 nitrogen and oxygen atoms in total. The second-order valence-corrected chi connectivity index (χ2v) is 5.97. The van der Waals surface area contributed by atoms with Crippen LogP contribution >= 0.6 is 15.9 Å². The Morgan fingerprint density at radius 3 is 2.75 bits per heavy atom. The highest BCUT2D eigenvalue weighted by molar-refractivity contribution is 9.10. The standard InChI is InChI=1S/C19H17BrN2O2/c1-3-24-18-9-8-16(20)11-14(18)10-15(12-21)19(23)22-17-7-5-4-6-13(17)2/h4-11H,3H2,1-2H3,(H,22,23)/b15-10+. The van der Waals surface area contributed by atoms with Gasteiger partial charge in [0, 0.05) is 15.7 Å². The van der Waals surface area contributed by atoms with Crippen LogP contribution in [0.3, 0.4) is 0 Å². The minimum atomic E-state index is -0.450. The first-order valence-electron chi connectivity index (χ1n) is 7.46. The molecule has 0 heterocycles. The highest BCUT2D eigenvalue weighted by atomic mass is 79.9. The number of ether oxygens (including phenoxy) is 1. The Bertz CT molecular complexity index is 822. The first-order valence-corrected chi connectivity index (χ1v) is 8.25. The van der Waals surface area contributed by atoms with Crippen molar-refractivity contribution in [1.29, 1.82) is 5.26 Å². The van der Waals surface area contributed by atoms with Gasteiger partial charge in [0.2, 0.25) is 0 Å². The van der Waals surface area contributed by atoms with Gasteiger partial charge in [-0.1, -0.05) is 34.1 Å². The fourth-order valence-electron chi connectivity index (χ4n) is 2.13. The summed E-state index contributed by atoms with van der Waals surface area (Å²) in [6.07, 6.45) is 1.53. The van der Waals surface area contributed by atoms with Crippen LogP contribution in [0.4, 0.5) is 5.69 Å². The van der Waals surface area contributed by atoms with E-state index in [4.69, 9.17) is 4.74 Å². The first kappa shape index (κ1) is 17.8. The third-order valence-electron chi connectivity index (χ3n) is 3.33. The average Bonchev–Trinajstić information content (AvgIpc) is 2.57. The number of aryl methyl sites for hydroxylation is 1. The number of halogens is 1. The van der Waals surface area contributed by atoms with E-state index in [0.717, 1.165) is 10.0 Å². The minimum absolute atomic E-state index is 0.0114. The van der Waals surface area contributed by atoms with E-state index in [9.17, 15) is 10.1 Å². The molecule has 0 radical (unpaired) electrons. The molecule has 0 spiro atoms. The predicted octanol–water partition coefficient (Wildman–Crippen LogP) is 4.70.